The Morgan fingerprint density at radius 2 is 2.27 bits per heavy atom. The van der Waals surface area contributed by atoms with Crippen LogP contribution in [0.2, 0.25) is 0 Å². The summed E-state index contributed by atoms with van der Waals surface area (Å²) in [5.74, 6) is 1.05. The molecule has 0 saturated heterocycles. The van der Waals surface area contributed by atoms with Gasteiger partial charge in [-0.3, -0.25) is 4.79 Å². The molecule has 1 atom stereocenters. The number of carbonyl (C=O) groups excluding carboxylic acids is 1. The molecule has 1 unspecified atom stereocenters. The maximum absolute atomic E-state index is 11.0. The standard InChI is InChI=1S/C10H12O/c11-9-3-7-5-10(1-2-10)6-8(7)4-9/h3,8H,1-2,4-6H2. The number of hydrogen-bond acceptors (Lipinski definition) is 1. The van der Waals surface area contributed by atoms with Crippen molar-refractivity contribution in [2.45, 2.75) is 32.1 Å². The van der Waals surface area contributed by atoms with Gasteiger partial charge in [0, 0.05) is 6.42 Å². The van der Waals surface area contributed by atoms with E-state index in [9.17, 15) is 4.79 Å². The molecule has 0 aromatic rings. The monoisotopic (exact) mass is 148 g/mol. The zero-order valence-electron chi connectivity index (χ0n) is 6.60. The minimum Gasteiger partial charge on any atom is -0.295 e. The summed E-state index contributed by atoms with van der Waals surface area (Å²) in [6.45, 7) is 0. The Kier molecular flexibility index (Phi) is 0.869. The summed E-state index contributed by atoms with van der Waals surface area (Å²) >= 11 is 0. The number of hydrogen-bond donors (Lipinski definition) is 0. The largest absolute Gasteiger partial charge is 0.295 e. The molecule has 0 aromatic heterocycles. The number of allylic oxidation sites excluding steroid dienone is 2. The molecule has 0 N–H and O–H groups in total. The summed E-state index contributed by atoms with van der Waals surface area (Å²) in [6, 6.07) is 0. The van der Waals surface area contributed by atoms with Crippen LogP contribution in [-0.4, -0.2) is 5.78 Å². The lowest BCUT2D eigenvalue weighted by Crippen LogP contribution is -1.98. The third-order valence-corrected chi connectivity index (χ3v) is 3.53. The maximum Gasteiger partial charge on any atom is 0.156 e. The number of carbonyl (C=O) groups is 1. The van der Waals surface area contributed by atoms with Crippen molar-refractivity contribution < 1.29 is 4.79 Å². The van der Waals surface area contributed by atoms with Gasteiger partial charge in [-0.2, -0.15) is 0 Å². The molecule has 0 aliphatic heterocycles. The van der Waals surface area contributed by atoms with Crippen LogP contribution in [0.4, 0.5) is 0 Å². The maximum atomic E-state index is 11.0. The Morgan fingerprint density at radius 1 is 1.45 bits per heavy atom. The SMILES string of the molecule is O=C1C=C2CC3(CC3)CC2C1. The second kappa shape index (κ2) is 1.60. The fourth-order valence-electron chi connectivity index (χ4n) is 2.74. The van der Waals surface area contributed by atoms with Crippen molar-refractivity contribution in [3.8, 4) is 0 Å². The summed E-state index contributed by atoms with van der Waals surface area (Å²) in [4.78, 5) is 11.0. The van der Waals surface area contributed by atoms with E-state index in [4.69, 9.17) is 0 Å². The predicted molar refractivity (Wildman–Crippen MR) is 42.1 cm³/mol. The van der Waals surface area contributed by atoms with Crippen molar-refractivity contribution in [3.63, 3.8) is 0 Å². The van der Waals surface area contributed by atoms with Gasteiger partial charge < -0.3 is 0 Å². The van der Waals surface area contributed by atoms with Gasteiger partial charge in [0.25, 0.3) is 0 Å². The quantitative estimate of drug-likeness (QED) is 0.514. The first kappa shape index (κ1) is 5.99. The van der Waals surface area contributed by atoms with Crippen LogP contribution in [0, 0.1) is 11.3 Å². The molecule has 3 rings (SSSR count). The van der Waals surface area contributed by atoms with E-state index in [0.717, 1.165) is 6.42 Å². The highest BCUT2D eigenvalue weighted by Crippen LogP contribution is 2.63. The van der Waals surface area contributed by atoms with E-state index >= 15 is 0 Å². The average molecular weight is 148 g/mol. The smallest absolute Gasteiger partial charge is 0.156 e. The molecular formula is C10H12O. The summed E-state index contributed by atoms with van der Waals surface area (Å²) in [5, 5.41) is 0. The summed E-state index contributed by atoms with van der Waals surface area (Å²) in [5.41, 5.74) is 2.18. The highest BCUT2D eigenvalue weighted by molar-refractivity contribution is 5.93. The van der Waals surface area contributed by atoms with Crippen molar-refractivity contribution in [1.29, 1.82) is 0 Å². The van der Waals surface area contributed by atoms with Crippen LogP contribution in [-0.2, 0) is 4.79 Å². The van der Waals surface area contributed by atoms with Gasteiger partial charge >= 0.3 is 0 Å². The highest BCUT2D eigenvalue weighted by Gasteiger charge is 2.51. The molecule has 3 aliphatic carbocycles. The highest BCUT2D eigenvalue weighted by atomic mass is 16.1. The lowest BCUT2D eigenvalue weighted by Gasteiger charge is -2.03. The van der Waals surface area contributed by atoms with Gasteiger partial charge in [-0.1, -0.05) is 5.57 Å². The van der Waals surface area contributed by atoms with Crippen molar-refractivity contribution >= 4 is 5.78 Å². The normalized spacial score (nSPS) is 37.6. The fraction of sp³-hybridized carbons (Fsp3) is 0.700. The van der Waals surface area contributed by atoms with E-state index in [0.29, 0.717) is 17.1 Å². The summed E-state index contributed by atoms with van der Waals surface area (Å²) in [7, 11) is 0. The Hall–Kier alpha value is -0.590. The molecule has 0 heterocycles. The zero-order valence-corrected chi connectivity index (χ0v) is 6.60. The van der Waals surface area contributed by atoms with E-state index in [2.05, 4.69) is 0 Å². The molecule has 3 aliphatic rings. The van der Waals surface area contributed by atoms with E-state index in [1.807, 2.05) is 6.08 Å². The van der Waals surface area contributed by atoms with Crippen LogP contribution in [0.5, 0.6) is 0 Å². The van der Waals surface area contributed by atoms with Crippen LogP contribution >= 0.6 is 0 Å². The number of fused-ring (bicyclic) bond motifs is 1. The molecule has 2 fully saturated rings. The van der Waals surface area contributed by atoms with Crippen molar-refractivity contribution in [3.05, 3.63) is 11.6 Å². The molecule has 0 aromatic carbocycles. The second-order valence-electron chi connectivity index (χ2n) is 4.47. The minimum absolute atomic E-state index is 0.375. The van der Waals surface area contributed by atoms with Crippen LogP contribution in [0.3, 0.4) is 0 Å². The van der Waals surface area contributed by atoms with Crippen molar-refractivity contribution in [2.24, 2.45) is 11.3 Å². The molecule has 1 spiro atoms. The van der Waals surface area contributed by atoms with Crippen molar-refractivity contribution in [2.75, 3.05) is 0 Å². The van der Waals surface area contributed by atoms with E-state index < -0.39 is 0 Å². The van der Waals surface area contributed by atoms with Crippen molar-refractivity contribution in [1.82, 2.24) is 0 Å². The predicted octanol–water partition coefficient (Wildman–Crippen LogP) is 2.08. The Labute approximate surface area is 66.5 Å². The molecule has 0 bridgehead atoms. The van der Waals surface area contributed by atoms with Gasteiger partial charge in [-0.25, -0.2) is 0 Å². The van der Waals surface area contributed by atoms with Gasteiger partial charge in [-0.15, -0.1) is 0 Å². The van der Waals surface area contributed by atoms with Gasteiger partial charge in [0.1, 0.15) is 0 Å². The first-order valence-corrected chi connectivity index (χ1v) is 4.51. The van der Waals surface area contributed by atoms with Crippen LogP contribution in [0.1, 0.15) is 32.1 Å². The summed E-state index contributed by atoms with van der Waals surface area (Å²) < 4.78 is 0. The molecule has 0 radical (unpaired) electrons. The fourth-order valence-corrected chi connectivity index (χ4v) is 2.74. The van der Waals surface area contributed by atoms with E-state index in [1.165, 1.54) is 31.3 Å². The molecule has 1 nitrogen and oxygen atoms in total. The van der Waals surface area contributed by atoms with E-state index in [-0.39, 0.29) is 0 Å². The lowest BCUT2D eigenvalue weighted by molar-refractivity contribution is -0.114. The zero-order chi connectivity index (χ0) is 7.47. The third-order valence-electron chi connectivity index (χ3n) is 3.53. The number of ketones is 1. The van der Waals surface area contributed by atoms with Crippen LogP contribution < -0.4 is 0 Å². The first-order valence-electron chi connectivity index (χ1n) is 4.51. The molecule has 2 saturated carbocycles. The van der Waals surface area contributed by atoms with Crippen LogP contribution in [0.15, 0.2) is 11.6 Å². The topological polar surface area (TPSA) is 17.1 Å². The van der Waals surface area contributed by atoms with Gasteiger partial charge in [-0.05, 0) is 43.1 Å². The second-order valence-corrected chi connectivity index (χ2v) is 4.47. The van der Waals surface area contributed by atoms with Gasteiger partial charge in [0.2, 0.25) is 0 Å². The molecule has 11 heavy (non-hydrogen) atoms. The van der Waals surface area contributed by atoms with E-state index in [1.54, 1.807) is 0 Å². The van der Waals surface area contributed by atoms with Gasteiger partial charge in [0.05, 0.1) is 0 Å². The molecule has 1 heteroatoms. The third kappa shape index (κ3) is 0.741. The molecule has 58 valence electrons. The summed E-state index contributed by atoms with van der Waals surface area (Å²) in [6.07, 6.45) is 8.17. The minimum atomic E-state index is 0.375. The Bertz CT molecular complexity index is 258. The lowest BCUT2D eigenvalue weighted by atomic mass is 10.0. The molecular weight excluding hydrogens is 136 g/mol. The Balaban J connectivity index is 1.93. The first-order chi connectivity index (χ1) is 5.27. The van der Waals surface area contributed by atoms with Crippen LogP contribution in [0.25, 0.3) is 0 Å². The number of rotatable bonds is 0. The Morgan fingerprint density at radius 3 is 2.91 bits per heavy atom. The van der Waals surface area contributed by atoms with Gasteiger partial charge in [0.15, 0.2) is 5.78 Å². The average Bonchev–Trinajstić information content (AvgIpc) is 2.44. The molecule has 0 amide bonds.